The van der Waals surface area contributed by atoms with E-state index in [1.54, 1.807) is 0 Å². The van der Waals surface area contributed by atoms with Gasteiger partial charge in [-0.3, -0.25) is 9.59 Å². The number of piperidine rings is 1. The molecular weight excluding hydrogens is 240 g/mol. The van der Waals surface area contributed by atoms with E-state index in [-0.39, 0.29) is 23.8 Å². The average molecular weight is 268 g/mol. The summed E-state index contributed by atoms with van der Waals surface area (Å²) in [4.78, 5) is 26.0. The van der Waals surface area contributed by atoms with Crippen LogP contribution in [0.3, 0.4) is 0 Å². The normalized spacial score (nSPS) is 19.6. The van der Waals surface area contributed by atoms with Gasteiger partial charge in [0.25, 0.3) is 0 Å². The number of carbonyl (C=O) groups is 2. The Morgan fingerprint density at radius 1 is 1.26 bits per heavy atom. The number of nitrogens with one attached hydrogen (secondary N) is 1. The summed E-state index contributed by atoms with van der Waals surface area (Å²) in [6.07, 6.45) is 5.25. The Hall–Kier alpha value is -1.06. The molecule has 1 heterocycles. The molecule has 0 aromatic carbocycles. The highest BCUT2D eigenvalue weighted by Crippen LogP contribution is 2.18. The molecule has 0 bridgehead atoms. The van der Waals surface area contributed by atoms with Crippen LogP contribution in [0.4, 0.5) is 0 Å². The first-order valence-electron chi connectivity index (χ1n) is 7.70. The molecule has 1 fully saturated rings. The van der Waals surface area contributed by atoms with Gasteiger partial charge in [-0.1, -0.05) is 20.8 Å². The first-order chi connectivity index (χ1) is 9.12. The van der Waals surface area contributed by atoms with Crippen molar-refractivity contribution >= 4 is 11.8 Å². The van der Waals surface area contributed by atoms with Gasteiger partial charge in [0.2, 0.25) is 11.8 Å². The van der Waals surface area contributed by atoms with Crippen molar-refractivity contribution in [3.05, 3.63) is 0 Å². The Morgan fingerprint density at radius 2 is 1.95 bits per heavy atom. The zero-order chi connectivity index (χ0) is 14.3. The van der Waals surface area contributed by atoms with Gasteiger partial charge >= 0.3 is 0 Å². The van der Waals surface area contributed by atoms with Crippen molar-refractivity contribution in [2.45, 2.75) is 65.3 Å². The highest BCUT2D eigenvalue weighted by atomic mass is 16.2. The van der Waals surface area contributed by atoms with Gasteiger partial charge < -0.3 is 10.2 Å². The Morgan fingerprint density at radius 3 is 2.53 bits per heavy atom. The van der Waals surface area contributed by atoms with Crippen LogP contribution in [-0.4, -0.2) is 35.8 Å². The summed E-state index contributed by atoms with van der Waals surface area (Å²) in [6.45, 7) is 7.61. The van der Waals surface area contributed by atoms with Gasteiger partial charge in [0.1, 0.15) is 0 Å². The number of amides is 2. The molecule has 1 aliphatic heterocycles. The SMILES string of the molecule is CCCC(=O)N1CCCC(C(=O)NC(CC)CC)C1. The predicted octanol–water partition coefficient (Wildman–Crippen LogP) is 2.33. The third-order valence-corrected chi connectivity index (χ3v) is 3.94. The number of carbonyl (C=O) groups excluding carboxylic acids is 2. The molecule has 1 aliphatic rings. The molecule has 0 aromatic heterocycles. The minimum atomic E-state index is -0.0184. The van der Waals surface area contributed by atoms with Gasteiger partial charge in [-0.15, -0.1) is 0 Å². The van der Waals surface area contributed by atoms with Crippen molar-refractivity contribution in [2.24, 2.45) is 5.92 Å². The van der Waals surface area contributed by atoms with E-state index < -0.39 is 0 Å². The van der Waals surface area contributed by atoms with Gasteiger partial charge in [0, 0.05) is 25.6 Å². The predicted molar refractivity (Wildman–Crippen MR) is 76.7 cm³/mol. The number of rotatable bonds is 6. The van der Waals surface area contributed by atoms with Crippen LogP contribution in [0.1, 0.15) is 59.3 Å². The molecular formula is C15H28N2O2. The van der Waals surface area contributed by atoms with E-state index in [0.717, 1.165) is 38.6 Å². The smallest absolute Gasteiger partial charge is 0.225 e. The number of hydrogen-bond donors (Lipinski definition) is 1. The molecule has 0 radical (unpaired) electrons. The number of nitrogens with zero attached hydrogens (tertiary/aromatic N) is 1. The van der Waals surface area contributed by atoms with E-state index in [9.17, 15) is 9.59 Å². The lowest BCUT2D eigenvalue weighted by Crippen LogP contribution is -2.47. The fraction of sp³-hybridized carbons (Fsp3) is 0.867. The molecule has 1 saturated heterocycles. The first kappa shape index (κ1) is 16.0. The van der Waals surface area contributed by atoms with Gasteiger partial charge in [-0.05, 0) is 32.1 Å². The molecule has 110 valence electrons. The Balaban J connectivity index is 2.49. The quantitative estimate of drug-likeness (QED) is 0.804. The van der Waals surface area contributed by atoms with Crippen LogP contribution in [0.25, 0.3) is 0 Å². The fourth-order valence-electron chi connectivity index (χ4n) is 2.60. The Bertz CT molecular complexity index is 301. The van der Waals surface area contributed by atoms with Crippen LogP contribution in [0.2, 0.25) is 0 Å². The summed E-state index contributed by atoms with van der Waals surface area (Å²) in [6, 6.07) is 0.272. The first-order valence-corrected chi connectivity index (χ1v) is 7.70. The molecule has 19 heavy (non-hydrogen) atoms. The zero-order valence-electron chi connectivity index (χ0n) is 12.6. The number of likely N-dealkylation sites (tertiary alicyclic amines) is 1. The second-order valence-corrected chi connectivity index (χ2v) is 5.45. The molecule has 1 rings (SSSR count). The lowest BCUT2D eigenvalue weighted by molar-refractivity contribution is -0.136. The third kappa shape index (κ3) is 4.84. The van der Waals surface area contributed by atoms with Crippen molar-refractivity contribution in [2.75, 3.05) is 13.1 Å². The van der Waals surface area contributed by atoms with Crippen LogP contribution < -0.4 is 5.32 Å². The van der Waals surface area contributed by atoms with E-state index in [4.69, 9.17) is 0 Å². The minimum absolute atomic E-state index is 0.0184. The van der Waals surface area contributed by atoms with Crippen LogP contribution in [-0.2, 0) is 9.59 Å². The van der Waals surface area contributed by atoms with Crippen LogP contribution in [0, 0.1) is 5.92 Å². The summed E-state index contributed by atoms with van der Waals surface area (Å²) >= 11 is 0. The Labute approximate surface area is 116 Å². The molecule has 0 spiro atoms. The topological polar surface area (TPSA) is 49.4 Å². The molecule has 1 atom stereocenters. The van der Waals surface area contributed by atoms with E-state index in [0.29, 0.717) is 13.0 Å². The molecule has 0 aliphatic carbocycles. The minimum Gasteiger partial charge on any atom is -0.353 e. The molecule has 4 heteroatoms. The van der Waals surface area contributed by atoms with Gasteiger partial charge in [0.05, 0.1) is 5.92 Å². The van der Waals surface area contributed by atoms with Gasteiger partial charge in [-0.2, -0.15) is 0 Å². The van der Waals surface area contributed by atoms with E-state index in [1.807, 2.05) is 11.8 Å². The van der Waals surface area contributed by atoms with Gasteiger partial charge in [-0.25, -0.2) is 0 Å². The molecule has 2 amide bonds. The Kier molecular flexibility index (Phi) is 6.89. The van der Waals surface area contributed by atoms with E-state index in [2.05, 4.69) is 19.2 Å². The van der Waals surface area contributed by atoms with Crippen LogP contribution in [0.15, 0.2) is 0 Å². The molecule has 4 nitrogen and oxygen atoms in total. The lowest BCUT2D eigenvalue weighted by Gasteiger charge is -2.32. The summed E-state index contributed by atoms with van der Waals surface area (Å²) in [5.74, 6) is 0.306. The molecule has 0 aromatic rings. The fourth-order valence-corrected chi connectivity index (χ4v) is 2.60. The van der Waals surface area contributed by atoms with Crippen molar-refractivity contribution in [1.82, 2.24) is 10.2 Å². The van der Waals surface area contributed by atoms with Gasteiger partial charge in [0.15, 0.2) is 0 Å². The standard InChI is InChI=1S/C15H28N2O2/c1-4-8-14(18)17-10-7-9-12(11-17)15(19)16-13(5-2)6-3/h12-13H,4-11H2,1-3H3,(H,16,19). The lowest BCUT2D eigenvalue weighted by atomic mass is 9.96. The van der Waals surface area contributed by atoms with Crippen molar-refractivity contribution in [3.8, 4) is 0 Å². The summed E-state index contributed by atoms with van der Waals surface area (Å²) < 4.78 is 0. The average Bonchev–Trinajstić information content (AvgIpc) is 2.44. The third-order valence-electron chi connectivity index (χ3n) is 3.94. The van der Waals surface area contributed by atoms with Crippen LogP contribution >= 0.6 is 0 Å². The summed E-state index contributed by atoms with van der Waals surface area (Å²) in [5, 5.41) is 3.10. The summed E-state index contributed by atoms with van der Waals surface area (Å²) in [5.41, 5.74) is 0. The molecule has 0 saturated carbocycles. The summed E-state index contributed by atoms with van der Waals surface area (Å²) in [7, 11) is 0. The maximum absolute atomic E-state index is 12.2. The highest BCUT2D eigenvalue weighted by molar-refractivity contribution is 5.81. The maximum Gasteiger partial charge on any atom is 0.225 e. The number of hydrogen-bond acceptors (Lipinski definition) is 2. The van der Waals surface area contributed by atoms with Crippen molar-refractivity contribution in [3.63, 3.8) is 0 Å². The van der Waals surface area contributed by atoms with E-state index >= 15 is 0 Å². The van der Waals surface area contributed by atoms with Crippen LogP contribution in [0.5, 0.6) is 0 Å². The molecule has 1 N–H and O–H groups in total. The largest absolute Gasteiger partial charge is 0.353 e. The monoisotopic (exact) mass is 268 g/mol. The van der Waals surface area contributed by atoms with E-state index in [1.165, 1.54) is 0 Å². The molecule has 1 unspecified atom stereocenters. The van der Waals surface area contributed by atoms with Crippen molar-refractivity contribution in [1.29, 1.82) is 0 Å². The second kappa shape index (κ2) is 8.18. The van der Waals surface area contributed by atoms with Crippen molar-refractivity contribution < 1.29 is 9.59 Å². The zero-order valence-corrected chi connectivity index (χ0v) is 12.6. The second-order valence-electron chi connectivity index (χ2n) is 5.45. The maximum atomic E-state index is 12.2. The highest BCUT2D eigenvalue weighted by Gasteiger charge is 2.28.